The molecule has 0 aromatic carbocycles. The summed E-state index contributed by atoms with van der Waals surface area (Å²) < 4.78 is 4.70. The number of carbonyl (C=O) groups excluding carboxylic acids is 2. The molecule has 0 radical (unpaired) electrons. The Labute approximate surface area is 106 Å². The van der Waals surface area contributed by atoms with E-state index in [0.717, 1.165) is 12.8 Å². The van der Waals surface area contributed by atoms with Crippen molar-refractivity contribution in [2.24, 2.45) is 5.92 Å². The van der Waals surface area contributed by atoms with E-state index in [1.807, 2.05) is 0 Å². The van der Waals surface area contributed by atoms with Gasteiger partial charge in [0, 0.05) is 6.20 Å². The maximum atomic E-state index is 11.9. The number of hydrogen-bond donors (Lipinski definition) is 1. The van der Waals surface area contributed by atoms with Gasteiger partial charge in [-0.15, -0.1) is 0 Å². The second-order valence-corrected chi connectivity index (χ2v) is 4.44. The lowest BCUT2D eigenvalue weighted by molar-refractivity contribution is -0.143. The van der Waals surface area contributed by atoms with Crippen LogP contribution in [-0.2, 0) is 9.53 Å². The van der Waals surface area contributed by atoms with Gasteiger partial charge in [-0.1, -0.05) is 18.9 Å². The van der Waals surface area contributed by atoms with Crippen molar-refractivity contribution in [3.63, 3.8) is 0 Å². The van der Waals surface area contributed by atoms with Crippen molar-refractivity contribution in [1.29, 1.82) is 0 Å². The highest BCUT2D eigenvalue weighted by Crippen LogP contribution is 2.33. The molecule has 1 saturated carbocycles. The number of rotatable bonds is 5. The number of pyridine rings is 1. The van der Waals surface area contributed by atoms with Crippen molar-refractivity contribution < 1.29 is 14.3 Å². The maximum Gasteiger partial charge on any atom is 0.328 e. The molecule has 1 N–H and O–H groups in total. The molecule has 1 amide bonds. The van der Waals surface area contributed by atoms with Crippen molar-refractivity contribution in [3.05, 3.63) is 30.1 Å². The van der Waals surface area contributed by atoms with Gasteiger partial charge in [-0.05, 0) is 24.5 Å². The van der Waals surface area contributed by atoms with Crippen molar-refractivity contribution >= 4 is 11.9 Å². The molecule has 1 aromatic heterocycles. The fraction of sp³-hybridized carbons (Fsp3) is 0.462. The molecule has 1 heterocycles. The number of carbonyl (C=O) groups is 2. The highest BCUT2D eigenvalue weighted by Gasteiger charge is 2.31. The fourth-order valence-corrected chi connectivity index (χ4v) is 1.77. The summed E-state index contributed by atoms with van der Waals surface area (Å²) in [5.41, 5.74) is 0.308. The average molecular weight is 248 g/mol. The number of methoxy groups -OCH3 is 1. The minimum atomic E-state index is -0.572. The summed E-state index contributed by atoms with van der Waals surface area (Å²) in [5.74, 6) is -0.212. The lowest BCUT2D eigenvalue weighted by Gasteiger charge is -2.15. The number of nitrogens with zero attached hydrogens (tertiary/aromatic N) is 1. The van der Waals surface area contributed by atoms with Crippen molar-refractivity contribution in [2.75, 3.05) is 7.11 Å². The van der Waals surface area contributed by atoms with Gasteiger partial charge in [-0.2, -0.15) is 0 Å². The smallest absolute Gasteiger partial charge is 0.328 e. The number of nitrogens with one attached hydrogen (secondary N) is 1. The minimum Gasteiger partial charge on any atom is -0.467 e. The third-order valence-electron chi connectivity index (χ3n) is 2.95. The Morgan fingerprint density at radius 2 is 2.28 bits per heavy atom. The molecule has 0 saturated heterocycles. The highest BCUT2D eigenvalue weighted by atomic mass is 16.5. The van der Waals surface area contributed by atoms with Gasteiger partial charge in [0.2, 0.25) is 0 Å². The largest absolute Gasteiger partial charge is 0.467 e. The van der Waals surface area contributed by atoms with Crippen LogP contribution in [0.3, 0.4) is 0 Å². The summed E-state index contributed by atoms with van der Waals surface area (Å²) in [6, 6.07) is 4.51. The van der Waals surface area contributed by atoms with E-state index in [4.69, 9.17) is 4.74 Å². The zero-order chi connectivity index (χ0) is 13.0. The summed E-state index contributed by atoms with van der Waals surface area (Å²) in [5, 5.41) is 2.68. The molecule has 5 nitrogen and oxygen atoms in total. The van der Waals surface area contributed by atoms with E-state index in [1.165, 1.54) is 7.11 Å². The van der Waals surface area contributed by atoms with Crippen molar-refractivity contribution in [2.45, 2.75) is 25.3 Å². The zero-order valence-corrected chi connectivity index (χ0v) is 10.3. The van der Waals surface area contributed by atoms with Crippen LogP contribution in [-0.4, -0.2) is 30.0 Å². The Kier molecular flexibility index (Phi) is 3.92. The van der Waals surface area contributed by atoms with E-state index in [1.54, 1.807) is 24.4 Å². The monoisotopic (exact) mass is 248 g/mol. The number of esters is 1. The SMILES string of the molecule is COC(=O)[C@@H](CC1CC1)NC(=O)c1ccccn1. The van der Waals surface area contributed by atoms with Crippen molar-refractivity contribution in [1.82, 2.24) is 10.3 Å². The van der Waals surface area contributed by atoms with E-state index >= 15 is 0 Å². The maximum absolute atomic E-state index is 11.9. The molecular weight excluding hydrogens is 232 g/mol. The first-order valence-corrected chi connectivity index (χ1v) is 6.00. The molecule has 18 heavy (non-hydrogen) atoms. The van der Waals surface area contributed by atoms with Crippen LogP contribution in [0.5, 0.6) is 0 Å². The molecule has 96 valence electrons. The van der Waals surface area contributed by atoms with Crippen molar-refractivity contribution in [3.8, 4) is 0 Å². The average Bonchev–Trinajstić information content (AvgIpc) is 3.22. The third-order valence-corrected chi connectivity index (χ3v) is 2.95. The number of hydrogen-bond acceptors (Lipinski definition) is 4. The molecule has 0 spiro atoms. The van der Waals surface area contributed by atoms with E-state index in [9.17, 15) is 9.59 Å². The van der Waals surface area contributed by atoms with Gasteiger partial charge < -0.3 is 10.1 Å². The second kappa shape index (κ2) is 5.62. The second-order valence-electron chi connectivity index (χ2n) is 4.44. The number of ether oxygens (including phenoxy) is 1. The predicted molar refractivity (Wildman–Crippen MR) is 64.8 cm³/mol. The summed E-state index contributed by atoms with van der Waals surface area (Å²) in [4.78, 5) is 27.4. The lowest BCUT2D eigenvalue weighted by Crippen LogP contribution is -2.42. The van der Waals surface area contributed by atoms with Crippen LogP contribution < -0.4 is 5.32 Å². The topological polar surface area (TPSA) is 68.3 Å². The molecule has 1 aromatic rings. The van der Waals surface area contributed by atoms with Gasteiger partial charge in [0.25, 0.3) is 5.91 Å². The molecule has 1 atom stereocenters. The van der Waals surface area contributed by atoms with Gasteiger partial charge in [-0.3, -0.25) is 9.78 Å². The Morgan fingerprint density at radius 3 is 2.83 bits per heavy atom. The Balaban J connectivity index is 1.99. The van der Waals surface area contributed by atoms with Gasteiger partial charge in [0.1, 0.15) is 11.7 Å². The Bertz CT molecular complexity index is 429. The van der Waals surface area contributed by atoms with E-state index in [0.29, 0.717) is 18.0 Å². The van der Waals surface area contributed by atoms with Crippen LogP contribution >= 0.6 is 0 Å². The third kappa shape index (κ3) is 3.29. The van der Waals surface area contributed by atoms with Gasteiger partial charge in [0.15, 0.2) is 0 Å². The quantitative estimate of drug-likeness (QED) is 0.794. The molecular formula is C13H16N2O3. The molecule has 5 heteroatoms. The normalized spacial score (nSPS) is 15.8. The summed E-state index contributed by atoms with van der Waals surface area (Å²) >= 11 is 0. The first-order valence-electron chi connectivity index (χ1n) is 6.00. The lowest BCUT2D eigenvalue weighted by atomic mass is 10.1. The molecule has 1 aliphatic rings. The Morgan fingerprint density at radius 1 is 1.50 bits per heavy atom. The van der Waals surface area contributed by atoms with Gasteiger partial charge >= 0.3 is 5.97 Å². The summed E-state index contributed by atoms with van der Waals surface area (Å²) in [6.45, 7) is 0. The molecule has 0 aliphatic heterocycles. The fourth-order valence-electron chi connectivity index (χ4n) is 1.77. The predicted octanol–water partition coefficient (Wildman–Crippen LogP) is 1.15. The van der Waals surface area contributed by atoms with E-state index in [-0.39, 0.29) is 5.91 Å². The number of aromatic nitrogens is 1. The van der Waals surface area contributed by atoms with E-state index in [2.05, 4.69) is 10.3 Å². The summed E-state index contributed by atoms with van der Waals surface area (Å²) in [7, 11) is 1.33. The standard InChI is InChI=1S/C13H16N2O3/c1-18-13(17)11(8-9-5-6-9)15-12(16)10-4-2-3-7-14-10/h2-4,7,9,11H,5-6,8H2,1H3,(H,15,16)/t11-/m1/s1. The van der Waals surface area contributed by atoms with Gasteiger partial charge in [-0.25, -0.2) is 4.79 Å². The first-order chi connectivity index (χ1) is 8.70. The van der Waals surface area contributed by atoms with Crippen LogP contribution in [0.4, 0.5) is 0 Å². The molecule has 1 fully saturated rings. The van der Waals surface area contributed by atoms with E-state index < -0.39 is 12.0 Å². The molecule has 2 rings (SSSR count). The first kappa shape index (κ1) is 12.5. The van der Waals surface area contributed by atoms with Crippen LogP contribution in [0.25, 0.3) is 0 Å². The van der Waals surface area contributed by atoms with Crippen LogP contribution in [0.1, 0.15) is 29.8 Å². The summed E-state index contributed by atoms with van der Waals surface area (Å²) in [6.07, 6.45) is 4.42. The van der Waals surface area contributed by atoms with Gasteiger partial charge in [0.05, 0.1) is 7.11 Å². The Hall–Kier alpha value is -1.91. The van der Waals surface area contributed by atoms with Crippen LogP contribution in [0.15, 0.2) is 24.4 Å². The molecule has 0 bridgehead atoms. The minimum absolute atomic E-state index is 0.308. The number of amides is 1. The highest BCUT2D eigenvalue weighted by molar-refractivity contribution is 5.95. The molecule has 0 unspecified atom stereocenters. The van der Waals surface area contributed by atoms with Crippen LogP contribution in [0, 0.1) is 5.92 Å². The zero-order valence-electron chi connectivity index (χ0n) is 10.3. The molecule has 1 aliphatic carbocycles. The van der Waals surface area contributed by atoms with Crippen LogP contribution in [0.2, 0.25) is 0 Å².